The molecule has 3 rings (SSSR count). The van der Waals surface area contributed by atoms with Gasteiger partial charge >= 0.3 is 0 Å². The van der Waals surface area contributed by atoms with E-state index < -0.39 is 0 Å². The lowest BCUT2D eigenvalue weighted by atomic mass is 10.3. The van der Waals surface area contributed by atoms with E-state index in [-0.39, 0.29) is 0 Å². The van der Waals surface area contributed by atoms with Gasteiger partial charge in [0.25, 0.3) is 0 Å². The van der Waals surface area contributed by atoms with Crippen molar-refractivity contribution in [2.45, 2.75) is 6.42 Å². The second kappa shape index (κ2) is 7.74. The normalized spacial score (nSPS) is 11.1. The van der Waals surface area contributed by atoms with E-state index >= 15 is 0 Å². The van der Waals surface area contributed by atoms with Crippen molar-refractivity contribution in [1.82, 2.24) is 20.2 Å². The summed E-state index contributed by atoms with van der Waals surface area (Å²) < 4.78 is 2.66. The smallest absolute Gasteiger partial charge is 0.162 e. The number of hydrazone groups is 1. The van der Waals surface area contributed by atoms with Crippen LogP contribution in [0.4, 0.5) is 5.69 Å². The van der Waals surface area contributed by atoms with Gasteiger partial charge in [-0.2, -0.15) is 9.78 Å². The number of tetrazole rings is 1. The number of rotatable bonds is 5. The van der Waals surface area contributed by atoms with E-state index in [2.05, 4.69) is 42.0 Å². The lowest BCUT2D eigenvalue weighted by molar-refractivity contribution is 0.776. The lowest BCUT2D eigenvalue weighted by Gasteiger charge is -2.03. The molecule has 0 radical (unpaired) electrons. The molecule has 0 unspecified atom stereocenters. The molecule has 0 saturated carbocycles. The van der Waals surface area contributed by atoms with Crippen molar-refractivity contribution in [2.24, 2.45) is 5.10 Å². The summed E-state index contributed by atoms with van der Waals surface area (Å²) in [4.78, 5) is 0. The number of aromatic nitrogens is 4. The first kappa shape index (κ1) is 16.9. The van der Waals surface area contributed by atoms with E-state index in [1.807, 2.05) is 24.3 Å². The van der Waals surface area contributed by atoms with Crippen LogP contribution in [0, 0.1) is 0 Å². The first-order valence-electron chi connectivity index (χ1n) is 6.89. The average molecular weight is 426 g/mol. The summed E-state index contributed by atoms with van der Waals surface area (Å²) in [6.45, 7) is 0. The van der Waals surface area contributed by atoms with E-state index in [1.165, 1.54) is 0 Å². The minimum atomic E-state index is 0.469. The molecular weight excluding hydrogens is 415 g/mol. The van der Waals surface area contributed by atoms with Crippen molar-refractivity contribution in [2.75, 3.05) is 5.43 Å². The van der Waals surface area contributed by atoms with Crippen molar-refractivity contribution in [1.29, 1.82) is 0 Å². The molecule has 0 aliphatic carbocycles. The quantitative estimate of drug-likeness (QED) is 0.486. The van der Waals surface area contributed by atoms with Crippen LogP contribution in [0.25, 0.3) is 5.69 Å². The molecule has 0 saturated heterocycles. The summed E-state index contributed by atoms with van der Waals surface area (Å²) in [7, 11) is 0. The summed E-state index contributed by atoms with van der Waals surface area (Å²) >= 11 is 15.2. The summed E-state index contributed by atoms with van der Waals surface area (Å²) in [5.41, 5.74) is 4.51. The van der Waals surface area contributed by atoms with Crippen molar-refractivity contribution >= 4 is 51.0 Å². The SMILES string of the molecule is Clc1ccc(NN=CCc2nnnn2-c2ccc(Br)cc2)cc1Cl. The Balaban J connectivity index is 1.66. The molecule has 24 heavy (non-hydrogen) atoms. The zero-order valence-electron chi connectivity index (χ0n) is 12.2. The predicted molar refractivity (Wildman–Crippen MR) is 99.1 cm³/mol. The minimum Gasteiger partial charge on any atom is -0.279 e. The molecule has 0 amide bonds. The number of hydrogen-bond acceptors (Lipinski definition) is 5. The molecule has 9 heteroatoms. The zero-order valence-corrected chi connectivity index (χ0v) is 15.3. The topological polar surface area (TPSA) is 68.0 Å². The highest BCUT2D eigenvalue weighted by molar-refractivity contribution is 9.10. The fourth-order valence-electron chi connectivity index (χ4n) is 1.93. The number of anilines is 1. The maximum Gasteiger partial charge on any atom is 0.162 e. The Morgan fingerprint density at radius 3 is 2.67 bits per heavy atom. The third-order valence-electron chi connectivity index (χ3n) is 3.08. The van der Waals surface area contributed by atoms with Crippen LogP contribution in [0.3, 0.4) is 0 Å². The summed E-state index contributed by atoms with van der Waals surface area (Å²) in [6, 6.07) is 12.9. The van der Waals surface area contributed by atoms with Crippen LogP contribution in [0.5, 0.6) is 0 Å². The monoisotopic (exact) mass is 424 g/mol. The summed E-state index contributed by atoms with van der Waals surface area (Å²) in [5.74, 6) is 0.678. The van der Waals surface area contributed by atoms with Crippen molar-refractivity contribution in [3.63, 3.8) is 0 Å². The van der Waals surface area contributed by atoms with Gasteiger partial charge in [-0.15, -0.1) is 5.10 Å². The van der Waals surface area contributed by atoms with Gasteiger partial charge in [-0.05, 0) is 52.9 Å². The Morgan fingerprint density at radius 1 is 1.12 bits per heavy atom. The molecule has 1 heterocycles. The first-order chi connectivity index (χ1) is 11.6. The van der Waals surface area contributed by atoms with E-state index in [1.54, 1.807) is 29.1 Å². The van der Waals surface area contributed by atoms with Crippen LogP contribution in [0.15, 0.2) is 52.0 Å². The molecule has 0 atom stereocenters. The number of nitrogens with zero attached hydrogens (tertiary/aromatic N) is 5. The van der Waals surface area contributed by atoms with E-state index in [9.17, 15) is 0 Å². The van der Waals surface area contributed by atoms with E-state index in [0.29, 0.717) is 22.3 Å². The molecule has 3 aromatic rings. The fourth-order valence-corrected chi connectivity index (χ4v) is 2.49. The maximum absolute atomic E-state index is 5.95. The Bertz CT molecular complexity index is 863. The number of hydrogen-bond donors (Lipinski definition) is 1. The van der Waals surface area contributed by atoms with Crippen molar-refractivity contribution in [3.8, 4) is 5.69 Å². The molecule has 2 aromatic carbocycles. The second-order valence-electron chi connectivity index (χ2n) is 4.74. The van der Waals surface area contributed by atoms with Crippen LogP contribution in [0.1, 0.15) is 5.82 Å². The van der Waals surface area contributed by atoms with Gasteiger partial charge in [-0.25, -0.2) is 0 Å². The molecule has 6 nitrogen and oxygen atoms in total. The highest BCUT2D eigenvalue weighted by atomic mass is 79.9. The van der Waals surface area contributed by atoms with Gasteiger partial charge in [0.05, 0.1) is 21.4 Å². The summed E-state index contributed by atoms with van der Waals surface area (Å²) in [5, 5.41) is 16.8. The first-order valence-corrected chi connectivity index (χ1v) is 8.44. The molecule has 0 aliphatic heterocycles. The third-order valence-corrected chi connectivity index (χ3v) is 4.35. The Labute approximate surface area is 156 Å². The lowest BCUT2D eigenvalue weighted by Crippen LogP contribution is -2.04. The second-order valence-corrected chi connectivity index (χ2v) is 6.47. The van der Waals surface area contributed by atoms with Gasteiger partial charge in [-0.1, -0.05) is 39.1 Å². The molecule has 1 N–H and O–H groups in total. The summed E-state index contributed by atoms with van der Waals surface area (Å²) in [6.07, 6.45) is 2.15. The number of benzene rings is 2. The minimum absolute atomic E-state index is 0.469. The third kappa shape index (κ3) is 4.11. The Kier molecular flexibility index (Phi) is 5.44. The van der Waals surface area contributed by atoms with Crippen LogP contribution >= 0.6 is 39.1 Å². The number of nitrogens with one attached hydrogen (secondary N) is 1. The molecular formula is C15H11BrCl2N6. The highest BCUT2D eigenvalue weighted by Crippen LogP contribution is 2.24. The molecule has 0 aliphatic rings. The Morgan fingerprint density at radius 2 is 1.92 bits per heavy atom. The molecule has 0 spiro atoms. The molecule has 122 valence electrons. The van der Waals surface area contributed by atoms with Gasteiger partial charge < -0.3 is 0 Å². The number of halogens is 3. The van der Waals surface area contributed by atoms with Crippen LogP contribution in [-0.4, -0.2) is 26.4 Å². The predicted octanol–water partition coefficient (Wildman–Crippen LogP) is 4.37. The average Bonchev–Trinajstić information content (AvgIpc) is 3.04. The van der Waals surface area contributed by atoms with Crippen molar-refractivity contribution < 1.29 is 0 Å². The van der Waals surface area contributed by atoms with Crippen LogP contribution < -0.4 is 5.43 Å². The van der Waals surface area contributed by atoms with Crippen LogP contribution in [-0.2, 0) is 6.42 Å². The van der Waals surface area contributed by atoms with E-state index in [4.69, 9.17) is 23.2 Å². The van der Waals surface area contributed by atoms with Gasteiger partial charge in [0.2, 0.25) is 0 Å². The van der Waals surface area contributed by atoms with E-state index in [0.717, 1.165) is 15.8 Å². The van der Waals surface area contributed by atoms with Gasteiger partial charge in [-0.3, -0.25) is 5.43 Å². The zero-order chi connectivity index (χ0) is 16.9. The van der Waals surface area contributed by atoms with Gasteiger partial charge in [0.1, 0.15) is 0 Å². The molecule has 1 aromatic heterocycles. The fraction of sp³-hybridized carbons (Fsp3) is 0.0667. The molecule has 0 bridgehead atoms. The molecule has 0 fully saturated rings. The van der Waals surface area contributed by atoms with Gasteiger partial charge in [0, 0.05) is 17.1 Å². The standard InChI is InChI=1S/C15H11BrCl2N6/c16-10-1-4-12(5-2-10)24-15(21-22-23-24)7-8-19-20-11-3-6-13(17)14(18)9-11/h1-6,8-9,20H,7H2. The maximum atomic E-state index is 5.95. The highest BCUT2D eigenvalue weighted by Gasteiger charge is 2.06. The van der Waals surface area contributed by atoms with Crippen LogP contribution in [0.2, 0.25) is 10.0 Å². The largest absolute Gasteiger partial charge is 0.279 e. The van der Waals surface area contributed by atoms with Gasteiger partial charge in [0.15, 0.2) is 5.82 Å². The Hall–Kier alpha value is -1.96. The van der Waals surface area contributed by atoms with Crippen molar-refractivity contribution in [3.05, 3.63) is 62.8 Å².